The van der Waals surface area contributed by atoms with Gasteiger partial charge in [0.2, 0.25) is 0 Å². The molecule has 6 heteroatoms. The molecule has 6 nitrogen and oxygen atoms in total. The van der Waals surface area contributed by atoms with E-state index in [1.54, 1.807) is 6.92 Å². The van der Waals surface area contributed by atoms with Gasteiger partial charge in [0.05, 0.1) is 26.2 Å². The number of methoxy groups -OCH3 is 1. The lowest BCUT2D eigenvalue weighted by Gasteiger charge is -2.34. The number of likely N-dealkylation sites (tertiary alicyclic amines) is 1. The van der Waals surface area contributed by atoms with Gasteiger partial charge in [-0.15, -0.1) is 0 Å². The Labute approximate surface area is 170 Å². The number of nitrogens with zero attached hydrogens (tertiary/aromatic N) is 1. The summed E-state index contributed by atoms with van der Waals surface area (Å²) in [6.45, 7) is 2.90. The zero-order chi connectivity index (χ0) is 20.4. The lowest BCUT2D eigenvalue weighted by molar-refractivity contribution is -0.158. The molecule has 0 amide bonds. The van der Waals surface area contributed by atoms with Crippen molar-refractivity contribution in [2.75, 3.05) is 20.3 Å². The van der Waals surface area contributed by atoms with Gasteiger partial charge in [-0.3, -0.25) is 14.5 Å². The van der Waals surface area contributed by atoms with Crippen LogP contribution in [0.15, 0.2) is 54.6 Å². The molecule has 0 unspecified atom stereocenters. The molecule has 4 rings (SSSR count). The number of rotatable bonds is 5. The van der Waals surface area contributed by atoms with Gasteiger partial charge in [-0.05, 0) is 18.6 Å². The maximum Gasteiger partial charge on any atom is 0.324 e. The smallest absolute Gasteiger partial charge is 0.324 e. The van der Waals surface area contributed by atoms with Crippen LogP contribution in [0.2, 0.25) is 0 Å². The first kappa shape index (κ1) is 19.5. The Morgan fingerprint density at radius 2 is 1.79 bits per heavy atom. The highest BCUT2D eigenvalue weighted by Crippen LogP contribution is 2.51. The van der Waals surface area contributed by atoms with Crippen LogP contribution in [-0.4, -0.2) is 43.2 Å². The number of para-hydroxylation sites is 1. The van der Waals surface area contributed by atoms with Gasteiger partial charge in [0, 0.05) is 24.1 Å². The highest BCUT2D eigenvalue weighted by Gasteiger charge is 2.58. The van der Waals surface area contributed by atoms with E-state index in [2.05, 4.69) is 4.90 Å². The van der Waals surface area contributed by atoms with Crippen molar-refractivity contribution in [2.45, 2.75) is 25.6 Å². The Hall–Kier alpha value is -2.86. The van der Waals surface area contributed by atoms with E-state index in [4.69, 9.17) is 14.2 Å². The lowest BCUT2D eigenvalue weighted by Crippen LogP contribution is -2.44. The molecule has 1 fully saturated rings. The minimum Gasteiger partial charge on any atom is -0.493 e. The Morgan fingerprint density at radius 1 is 1.07 bits per heavy atom. The normalized spacial score (nSPS) is 25.4. The second-order valence-electron chi connectivity index (χ2n) is 7.36. The zero-order valence-electron chi connectivity index (χ0n) is 16.6. The molecule has 2 heterocycles. The summed E-state index contributed by atoms with van der Waals surface area (Å²) < 4.78 is 16.4. The van der Waals surface area contributed by atoms with E-state index in [0.29, 0.717) is 13.2 Å². The highest BCUT2D eigenvalue weighted by atomic mass is 16.5. The van der Waals surface area contributed by atoms with Crippen LogP contribution in [0.4, 0.5) is 0 Å². The SMILES string of the molecule is CCOC(=O)[C@H]1[C@H](C(=O)OC)[C@@H]2COc3ccccc3[C@@H]2N1Cc1ccccc1. The first-order chi connectivity index (χ1) is 14.2. The fourth-order valence-corrected chi connectivity index (χ4v) is 4.64. The average Bonchev–Trinajstić information content (AvgIpc) is 3.08. The topological polar surface area (TPSA) is 65.1 Å². The monoisotopic (exact) mass is 395 g/mol. The Balaban J connectivity index is 1.82. The molecule has 0 radical (unpaired) electrons. The van der Waals surface area contributed by atoms with Crippen LogP contribution >= 0.6 is 0 Å². The molecule has 0 N–H and O–H groups in total. The van der Waals surface area contributed by atoms with E-state index >= 15 is 0 Å². The lowest BCUT2D eigenvalue weighted by atomic mass is 9.83. The van der Waals surface area contributed by atoms with Gasteiger partial charge in [0.25, 0.3) is 0 Å². The van der Waals surface area contributed by atoms with Gasteiger partial charge >= 0.3 is 11.9 Å². The molecule has 0 saturated carbocycles. The summed E-state index contributed by atoms with van der Waals surface area (Å²) in [5.41, 5.74) is 2.05. The minimum absolute atomic E-state index is 0.140. The van der Waals surface area contributed by atoms with Gasteiger partial charge < -0.3 is 14.2 Å². The number of carbonyl (C=O) groups excluding carboxylic acids is 2. The zero-order valence-corrected chi connectivity index (χ0v) is 16.6. The fraction of sp³-hybridized carbons (Fsp3) is 0.391. The molecular formula is C23H25NO5. The number of ether oxygens (including phenoxy) is 3. The maximum atomic E-state index is 13.0. The van der Waals surface area contributed by atoms with E-state index in [9.17, 15) is 9.59 Å². The predicted octanol–water partition coefficient (Wildman–Crippen LogP) is 2.97. The maximum absolute atomic E-state index is 13.0. The standard InChI is InChI=1S/C23H25NO5/c1-3-28-23(26)21-19(22(25)27-2)17-14-29-18-12-8-7-11-16(18)20(17)24(21)13-15-9-5-4-6-10-15/h4-12,17,19-21H,3,13-14H2,1-2H3/t17-,19+,20-,21+/m0/s1. The third kappa shape index (κ3) is 3.49. The van der Waals surface area contributed by atoms with Crippen LogP contribution < -0.4 is 4.74 Å². The molecule has 4 atom stereocenters. The van der Waals surface area contributed by atoms with Crippen molar-refractivity contribution < 1.29 is 23.8 Å². The molecule has 0 bridgehead atoms. The van der Waals surface area contributed by atoms with Crippen molar-refractivity contribution in [2.24, 2.45) is 11.8 Å². The second-order valence-corrected chi connectivity index (χ2v) is 7.36. The minimum atomic E-state index is -0.729. The molecule has 0 aliphatic carbocycles. The van der Waals surface area contributed by atoms with E-state index in [0.717, 1.165) is 16.9 Å². The molecule has 2 aliphatic rings. The molecule has 2 aliphatic heterocycles. The van der Waals surface area contributed by atoms with Crippen LogP contribution in [0.25, 0.3) is 0 Å². The van der Waals surface area contributed by atoms with E-state index in [1.165, 1.54) is 7.11 Å². The summed E-state index contributed by atoms with van der Waals surface area (Å²) in [7, 11) is 1.36. The largest absolute Gasteiger partial charge is 0.493 e. The second kappa shape index (κ2) is 8.25. The number of carbonyl (C=O) groups is 2. The third-order valence-electron chi connectivity index (χ3n) is 5.80. The van der Waals surface area contributed by atoms with Gasteiger partial charge in [-0.25, -0.2) is 0 Å². The van der Waals surface area contributed by atoms with Crippen molar-refractivity contribution in [3.05, 3.63) is 65.7 Å². The summed E-state index contributed by atoms with van der Waals surface area (Å²) in [6.07, 6.45) is 0. The first-order valence-corrected chi connectivity index (χ1v) is 9.91. The van der Waals surface area contributed by atoms with Gasteiger partial charge in [-0.2, -0.15) is 0 Å². The Bertz CT molecular complexity index is 884. The quantitative estimate of drug-likeness (QED) is 0.726. The van der Waals surface area contributed by atoms with E-state index < -0.39 is 23.9 Å². The van der Waals surface area contributed by atoms with Crippen LogP contribution in [-0.2, 0) is 25.6 Å². The van der Waals surface area contributed by atoms with Crippen LogP contribution in [0.5, 0.6) is 5.75 Å². The molecule has 2 aromatic carbocycles. The van der Waals surface area contributed by atoms with Crippen molar-refractivity contribution in [3.8, 4) is 5.75 Å². The molecule has 1 saturated heterocycles. The van der Waals surface area contributed by atoms with E-state index in [1.807, 2.05) is 54.6 Å². The number of benzene rings is 2. The van der Waals surface area contributed by atoms with Crippen molar-refractivity contribution in [1.82, 2.24) is 4.90 Å². The van der Waals surface area contributed by atoms with Crippen molar-refractivity contribution in [3.63, 3.8) is 0 Å². The van der Waals surface area contributed by atoms with Crippen LogP contribution in [0, 0.1) is 11.8 Å². The highest BCUT2D eigenvalue weighted by molar-refractivity contribution is 5.86. The summed E-state index contributed by atoms with van der Waals surface area (Å²) in [5, 5.41) is 0. The molecular weight excluding hydrogens is 370 g/mol. The first-order valence-electron chi connectivity index (χ1n) is 9.91. The summed E-state index contributed by atoms with van der Waals surface area (Å²) in [5.74, 6) is -0.862. The van der Waals surface area contributed by atoms with Gasteiger partial charge in [-0.1, -0.05) is 48.5 Å². The number of esters is 2. The molecule has 0 spiro atoms. The summed E-state index contributed by atoms with van der Waals surface area (Å²) in [6, 6.07) is 16.9. The van der Waals surface area contributed by atoms with Gasteiger partial charge in [0.15, 0.2) is 0 Å². The molecule has 29 heavy (non-hydrogen) atoms. The molecule has 152 valence electrons. The number of hydrogen-bond donors (Lipinski definition) is 0. The summed E-state index contributed by atoms with van der Waals surface area (Å²) in [4.78, 5) is 27.9. The molecule has 2 aromatic rings. The van der Waals surface area contributed by atoms with Crippen molar-refractivity contribution >= 4 is 11.9 Å². The van der Waals surface area contributed by atoms with Crippen molar-refractivity contribution in [1.29, 1.82) is 0 Å². The molecule has 0 aromatic heterocycles. The average molecular weight is 395 g/mol. The van der Waals surface area contributed by atoms with Crippen LogP contribution in [0.1, 0.15) is 24.1 Å². The number of fused-ring (bicyclic) bond motifs is 3. The van der Waals surface area contributed by atoms with E-state index in [-0.39, 0.29) is 18.6 Å². The summed E-state index contributed by atoms with van der Waals surface area (Å²) >= 11 is 0. The fourth-order valence-electron chi connectivity index (χ4n) is 4.64. The van der Waals surface area contributed by atoms with Crippen LogP contribution in [0.3, 0.4) is 0 Å². The van der Waals surface area contributed by atoms with Gasteiger partial charge in [0.1, 0.15) is 11.8 Å². The Kier molecular flexibility index (Phi) is 5.53. The number of hydrogen-bond acceptors (Lipinski definition) is 6. The predicted molar refractivity (Wildman–Crippen MR) is 106 cm³/mol. The third-order valence-corrected chi connectivity index (χ3v) is 5.80. The Morgan fingerprint density at radius 3 is 2.52 bits per heavy atom.